The van der Waals surface area contributed by atoms with Gasteiger partial charge in [-0.1, -0.05) is 30.3 Å². The average Bonchev–Trinajstić information content (AvgIpc) is 2.71. The summed E-state index contributed by atoms with van der Waals surface area (Å²) in [6.45, 7) is 3.31. The molecule has 2 aromatic rings. The van der Waals surface area contributed by atoms with Crippen molar-refractivity contribution in [2.24, 2.45) is 5.92 Å². The summed E-state index contributed by atoms with van der Waals surface area (Å²) in [7, 11) is -3.16. The highest BCUT2D eigenvalue weighted by Crippen LogP contribution is 2.21. The number of fused-ring (bicyclic) bond motifs is 1. The molecule has 1 aliphatic heterocycles. The monoisotopic (exact) mass is 390 g/mol. The predicted molar refractivity (Wildman–Crippen MR) is 106 cm³/mol. The van der Waals surface area contributed by atoms with Gasteiger partial charge in [0.1, 0.15) is 12.4 Å². The maximum atomic E-state index is 12.3. The smallest absolute Gasteiger partial charge is 0.223 e. The van der Waals surface area contributed by atoms with E-state index < -0.39 is 10.0 Å². The molecule has 1 aliphatic rings. The van der Waals surface area contributed by atoms with Crippen molar-refractivity contribution < 1.29 is 17.9 Å². The van der Waals surface area contributed by atoms with Gasteiger partial charge in [-0.25, -0.2) is 12.7 Å². The van der Waals surface area contributed by atoms with E-state index in [1.165, 1.54) is 4.31 Å². The van der Waals surface area contributed by atoms with Crippen molar-refractivity contribution in [2.75, 3.05) is 32.0 Å². The fraction of sp³-hybridized carbons (Fsp3) is 0.450. The zero-order valence-corrected chi connectivity index (χ0v) is 16.4. The summed E-state index contributed by atoms with van der Waals surface area (Å²) in [6, 6.07) is 14.0. The first-order chi connectivity index (χ1) is 13.0. The predicted octanol–water partition coefficient (Wildman–Crippen LogP) is 2.40. The minimum absolute atomic E-state index is 0.0225. The summed E-state index contributed by atoms with van der Waals surface area (Å²) in [6.07, 6.45) is 1.13. The summed E-state index contributed by atoms with van der Waals surface area (Å²) < 4.78 is 30.9. The van der Waals surface area contributed by atoms with Gasteiger partial charge in [-0.05, 0) is 42.7 Å². The van der Waals surface area contributed by atoms with E-state index in [1.54, 1.807) is 6.92 Å². The molecule has 1 saturated heterocycles. The van der Waals surface area contributed by atoms with E-state index >= 15 is 0 Å². The fourth-order valence-electron chi connectivity index (χ4n) is 3.32. The van der Waals surface area contributed by atoms with E-state index in [2.05, 4.69) is 11.4 Å². The van der Waals surface area contributed by atoms with Gasteiger partial charge < -0.3 is 10.1 Å². The van der Waals surface area contributed by atoms with Crippen molar-refractivity contribution in [3.05, 3.63) is 42.5 Å². The average molecular weight is 391 g/mol. The first-order valence-electron chi connectivity index (χ1n) is 9.37. The first kappa shape index (κ1) is 19.6. The maximum Gasteiger partial charge on any atom is 0.223 e. The molecule has 1 N–H and O–H groups in total. The molecule has 0 atom stereocenters. The first-order valence-corrected chi connectivity index (χ1v) is 11.0. The zero-order chi connectivity index (χ0) is 19.3. The van der Waals surface area contributed by atoms with Gasteiger partial charge in [0, 0.05) is 19.0 Å². The molecule has 0 bridgehead atoms. The summed E-state index contributed by atoms with van der Waals surface area (Å²) in [5.41, 5.74) is 0. The second-order valence-electron chi connectivity index (χ2n) is 6.72. The van der Waals surface area contributed by atoms with Gasteiger partial charge in [-0.2, -0.15) is 0 Å². The summed E-state index contributed by atoms with van der Waals surface area (Å²) >= 11 is 0. The molecule has 1 heterocycles. The lowest BCUT2D eigenvalue weighted by molar-refractivity contribution is -0.126. The molecule has 2 aromatic carbocycles. The minimum Gasteiger partial charge on any atom is -0.492 e. The van der Waals surface area contributed by atoms with Crippen molar-refractivity contribution in [1.82, 2.24) is 9.62 Å². The number of hydrogen-bond acceptors (Lipinski definition) is 4. The Morgan fingerprint density at radius 1 is 1.15 bits per heavy atom. The highest BCUT2D eigenvalue weighted by atomic mass is 32.2. The van der Waals surface area contributed by atoms with Gasteiger partial charge in [0.2, 0.25) is 15.9 Å². The molecule has 0 spiro atoms. The summed E-state index contributed by atoms with van der Waals surface area (Å²) in [5.74, 6) is 0.733. The SMILES string of the molecule is CCS(=O)(=O)N1CCC(C(=O)NCCOc2ccc3ccccc3c2)CC1. The minimum atomic E-state index is -3.16. The van der Waals surface area contributed by atoms with Crippen LogP contribution in [0, 0.1) is 5.92 Å². The van der Waals surface area contributed by atoms with Crippen molar-refractivity contribution in [3.8, 4) is 5.75 Å². The Morgan fingerprint density at radius 2 is 1.85 bits per heavy atom. The Kier molecular flexibility index (Phi) is 6.34. The molecule has 0 saturated carbocycles. The van der Waals surface area contributed by atoms with Crippen LogP contribution in [0.15, 0.2) is 42.5 Å². The number of carbonyl (C=O) groups excluding carboxylic acids is 1. The van der Waals surface area contributed by atoms with Crippen LogP contribution in [0.4, 0.5) is 0 Å². The molecule has 0 aromatic heterocycles. The third-order valence-electron chi connectivity index (χ3n) is 4.97. The van der Waals surface area contributed by atoms with Crippen LogP contribution >= 0.6 is 0 Å². The van der Waals surface area contributed by atoms with Crippen molar-refractivity contribution in [1.29, 1.82) is 0 Å². The van der Waals surface area contributed by atoms with Crippen LogP contribution in [-0.2, 0) is 14.8 Å². The topological polar surface area (TPSA) is 75.7 Å². The summed E-state index contributed by atoms with van der Waals surface area (Å²) in [5, 5.41) is 5.18. The molecule has 146 valence electrons. The number of nitrogens with zero attached hydrogens (tertiary/aromatic N) is 1. The van der Waals surface area contributed by atoms with Crippen LogP contribution in [0.5, 0.6) is 5.75 Å². The van der Waals surface area contributed by atoms with Gasteiger partial charge in [0.05, 0.1) is 12.3 Å². The Balaban J connectivity index is 1.41. The Morgan fingerprint density at radius 3 is 2.56 bits per heavy atom. The quantitative estimate of drug-likeness (QED) is 0.737. The normalized spacial score (nSPS) is 16.3. The second-order valence-corrected chi connectivity index (χ2v) is 8.98. The van der Waals surface area contributed by atoms with E-state index in [9.17, 15) is 13.2 Å². The molecule has 0 unspecified atom stereocenters. The molecule has 6 nitrogen and oxygen atoms in total. The Bertz CT molecular complexity index is 890. The number of hydrogen-bond donors (Lipinski definition) is 1. The highest BCUT2D eigenvalue weighted by Gasteiger charge is 2.29. The lowest BCUT2D eigenvalue weighted by Gasteiger charge is -2.30. The molecule has 27 heavy (non-hydrogen) atoms. The molecular weight excluding hydrogens is 364 g/mol. The number of benzene rings is 2. The summed E-state index contributed by atoms with van der Waals surface area (Å²) in [4.78, 5) is 12.3. The number of rotatable bonds is 7. The van der Waals surface area contributed by atoms with Gasteiger partial charge >= 0.3 is 0 Å². The number of amides is 1. The molecule has 0 aliphatic carbocycles. The molecular formula is C20H26N2O4S. The number of carbonyl (C=O) groups is 1. The Hall–Kier alpha value is -2.12. The standard InChI is InChI=1S/C20H26N2O4S/c1-2-27(24,25)22-12-9-17(10-13-22)20(23)21-11-14-26-19-8-7-16-5-3-4-6-18(16)15-19/h3-8,15,17H,2,9-14H2,1H3,(H,21,23). The van der Waals surface area contributed by atoms with Crippen LogP contribution in [0.1, 0.15) is 19.8 Å². The van der Waals surface area contributed by atoms with Crippen LogP contribution < -0.4 is 10.1 Å². The lowest BCUT2D eigenvalue weighted by atomic mass is 9.97. The van der Waals surface area contributed by atoms with E-state index in [-0.39, 0.29) is 17.6 Å². The number of piperidine rings is 1. The van der Waals surface area contributed by atoms with Crippen molar-refractivity contribution >= 4 is 26.7 Å². The van der Waals surface area contributed by atoms with E-state index in [4.69, 9.17) is 4.74 Å². The van der Waals surface area contributed by atoms with Crippen LogP contribution in [0.2, 0.25) is 0 Å². The van der Waals surface area contributed by atoms with E-state index in [1.807, 2.05) is 36.4 Å². The van der Waals surface area contributed by atoms with Crippen LogP contribution in [0.3, 0.4) is 0 Å². The number of sulfonamides is 1. The third kappa shape index (κ3) is 4.99. The second kappa shape index (κ2) is 8.71. The fourth-order valence-corrected chi connectivity index (χ4v) is 4.46. The third-order valence-corrected chi connectivity index (χ3v) is 6.86. The van der Waals surface area contributed by atoms with Crippen molar-refractivity contribution in [3.63, 3.8) is 0 Å². The van der Waals surface area contributed by atoms with Crippen LogP contribution in [-0.4, -0.2) is 50.6 Å². The molecule has 0 radical (unpaired) electrons. The van der Waals surface area contributed by atoms with E-state index in [0.717, 1.165) is 16.5 Å². The van der Waals surface area contributed by atoms with E-state index in [0.29, 0.717) is 39.1 Å². The van der Waals surface area contributed by atoms with Gasteiger partial charge in [0.25, 0.3) is 0 Å². The van der Waals surface area contributed by atoms with Gasteiger partial charge in [-0.15, -0.1) is 0 Å². The number of ether oxygens (including phenoxy) is 1. The largest absolute Gasteiger partial charge is 0.492 e. The Labute approximate surface area is 160 Å². The maximum absolute atomic E-state index is 12.3. The highest BCUT2D eigenvalue weighted by molar-refractivity contribution is 7.89. The lowest BCUT2D eigenvalue weighted by Crippen LogP contribution is -2.44. The molecule has 3 rings (SSSR count). The molecule has 7 heteroatoms. The zero-order valence-electron chi connectivity index (χ0n) is 15.6. The van der Waals surface area contributed by atoms with Crippen molar-refractivity contribution in [2.45, 2.75) is 19.8 Å². The molecule has 1 fully saturated rings. The van der Waals surface area contributed by atoms with Crippen LogP contribution in [0.25, 0.3) is 10.8 Å². The van der Waals surface area contributed by atoms with Gasteiger partial charge in [0.15, 0.2) is 0 Å². The number of nitrogens with one attached hydrogen (secondary N) is 1. The molecule has 1 amide bonds. The van der Waals surface area contributed by atoms with Gasteiger partial charge in [-0.3, -0.25) is 4.79 Å².